The van der Waals surface area contributed by atoms with Crippen LogP contribution in [0, 0.1) is 5.82 Å². The van der Waals surface area contributed by atoms with Crippen LogP contribution in [0.15, 0.2) is 47.4 Å². The highest BCUT2D eigenvalue weighted by atomic mass is 32.2. The molecule has 198 valence electrons. The van der Waals surface area contributed by atoms with Gasteiger partial charge in [0.2, 0.25) is 5.75 Å². The molecule has 9 nitrogen and oxygen atoms in total. The second kappa shape index (κ2) is 11.7. The molecule has 0 bridgehead atoms. The number of sulfonamides is 1. The lowest BCUT2D eigenvalue weighted by Crippen LogP contribution is -2.14. The summed E-state index contributed by atoms with van der Waals surface area (Å²) in [6, 6.07) is 9.93. The Balaban J connectivity index is 2.08. The molecule has 0 fully saturated rings. The summed E-state index contributed by atoms with van der Waals surface area (Å²) in [7, 11) is 4.54. The highest BCUT2D eigenvalue weighted by Gasteiger charge is 2.20. The van der Waals surface area contributed by atoms with Crippen molar-refractivity contribution < 1.29 is 41.2 Å². The summed E-state index contributed by atoms with van der Waals surface area (Å²) in [5.41, 5.74) is 1.32. The number of hydrogen-bond acceptors (Lipinski definition) is 8. The molecule has 11 heteroatoms. The third kappa shape index (κ3) is 6.00. The SMILES string of the molecule is COc1ccc(S(=O)(=O)Nc2cc(OC)c(OC)cc2C=Cc2cc(OC)c(OC)c(OC)c2)cc1F. The molecular formula is C26H28FNO8S. The van der Waals surface area contributed by atoms with Crippen LogP contribution in [-0.2, 0) is 10.0 Å². The Morgan fingerprint density at radius 1 is 0.676 bits per heavy atom. The van der Waals surface area contributed by atoms with Crippen LogP contribution in [0.3, 0.4) is 0 Å². The van der Waals surface area contributed by atoms with Gasteiger partial charge in [0.05, 0.1) is 53.2 Å². The van der Waals surface area contributed by atoms with Gasteiger partial charge in [-0.1, -0.05) is 12.2 Å². The van der Waals surface area contributed by atoms with Gasteiger partial charge >= 0.3 is 0 Å². The van der Waals surface area contributed by atoms with Crippen LogP contribution < -0.4 is 33.1 Å². The van der Waals surface area contributed by atoms with Crippen molar-refractivity contribution in [2.75, 3.05) is 47.4 Å². The number of hydrogen-bond donors (Lipinski definition) is 1. The lowest BCUT2D eigenvalue weighted by molar-refractivity contribution is 0.324. The first-order valence-corrected chi connectivity index (χ1v) is 12.3. The van der Waals surface area contributed by atoms with E-state index in [4.69, 9.17) is 28.4 Å². The average Bonchev–Trinajstić information content (AvgIpc) is 2.90. The zero-order valence-electron chi connectivity index (χ0n) is 21.2. The van der Waals surface area contributed by atoms with Crippen LogP contribution in [0.1, 0.15) is 11.1 Å². The number of methoxy groups -OCH3 is 6. The van der Waals surface area contributed by atoms with Crippen molar-refractivity contribution in [3.05, 3.63) is 59.4 Å². The number of halogens is 1. The molecule has 0 unspecified atom stereocenters. The summed E-state index contributed by atoms with van der Waals surface area (Å²) < 4.78 is 74.7. The topological polar surface area (TPSA) is 102 Å². The normalized spacial score (nSPS) is 11.2. The highest BCUT2D eigenvalue weighted by Crippen LogP contribution is 2.39. The fourth-order valence-electron chi connectivity index (χ4n) is 3.52. The van der Waals surface area contributed by atoms with E-state index in [2.05, 4.69) is 4.72 Å². The van der Waals surface area contributed by atoms with Crippen LogP contribution in [0.4, 0.5) is 10.1 Å². The van der Waals surface area contributed by atoms with Gasteiger partial charge in [-0.3, -0.25) is 4.72 Å². The molecule has 0 amide bonds. The van der Waals surface area contributed by atoms with Crippen LogP contribution in [0.25, 0.3) is 12.2 Å². The van der Waals surface area contributed by atoms with E-state index in [1.54, 1.807) is 30.4 Å². The van der Waals surface area contributed by atoms with E-state index in [1.807, 2.05) is 0 Å². The van der Waals surface area contributed by atoms with Crippen LogP contribution in [0.2, 0.25) is 0 Å². The highest BCUT2D eigenvalue weighted by molar-refractivity contribution is 7.92. The Bertz CT molecular complexity index is 1380. The Morgan fingerprint density at radius 2 is 1.24 bits per heavy atom. The molecule has 0 aliphatic rings. The number of benzene rings is 3. The van der Waals surface area contributed by atoms with E-state index in [1.165, 1.54) is 60.9 Å². The molecular weight excluding hydrogens is 505 g/mol. The van der Waals surface area contributed by atoms with Gasteiger partial charge in [-0.2, -0.15) is 0 Å². The van der Waals surface area contributed by atoms with Crippen molar-refractivity contribution in [3.8, 4) is 34.5 Å². The summed E-state index contributed by atoms with van der Waals surface area (Å²) in [6.07, 6.45) is 3.41. The maximum Gasteiger partial charge on any atom is 0.262 e. The Hall–Kier alpha value is -4.12. The number of rotatable bonds is 11. The minimum absolute atomic E-state index is 0.0703. The van der Waals surface area contributed by atoms with Crippen molar-refractivity contribution in [1.82, 2.24) is 0 Å². The van der Waals surface area contributed by atoms with Gasteiger partial charge in [0.15, 0.2) is 34.6 Å². The number of anilines is 1. The van der Waals surface area contributed by atoms with Gasteiger partial charge in [0, 0.05) is 11.6 Å². The van der Waals surface area contributed by atoms with Gasteiger partial charge in [0.1, 0.15) is 0 Å². The van der Waals surface area contributed by atoms with Crippen molar-refractivity contribution in [1.29, 1.82) is 0 Å². The van der Waals surface area contributed by atoms with Gasteiger partial charge in [-0.15, -0.1) is 0 Å². The third-order valence-corrected chi connectivity index (χ3v) is 6.74. The third-order valence-electron chi connectivity index (χ3n) is 5.38. The molecule has 1 N–H and O–H groups in total. The fraction of sp³-hybridized carbons (Fsp3) is 0.231. The van der Waals surface area contributed by atoms with Gasteiger partial charge < -0.3 is 28.4 Å². The molecule has 0 saturated carbocycles. The smallest absolute Gasteiger partial charge is 0.262 e. The first-order valence-electron chi connectivity index (χ1n) is 10.8. The molecule has 0 spiro atoms. The van der Waals surface area contributed by atoms with Crippen LogP contribution in [0.5, 0.6) is 34.5 Å². The Labute approximate surface area is 215 Å². The maximum absolute atomic E-state index is 14.2. The summed E-state index contributed by atoms with van der Waals surface area (Å²) >= 11 is 0. The summed E-state index contributed by atoms with van der Waals surface area (Å²) in [4.78, 5) is -0.278. The summed E-state index contributed by atoms with van der Waals surface area (Å²) in [6.45, 7) is 0. The molecule has 0 heterocycles. The second-order valence-electron chi connectivity index (χ2n) is 7.49. The minimum Gasteiger partial charge on any atom is -0.494 e. The van der Waals surface area contributed by atoms with E-state index in [0.717, 1.165) is 6.07 Å². The molecule has 37 heavy (non-hydrogen) atoms. The molecule has 0 aliphatic carbocycles. The molecule has 0 aromatic heterocycles. The van der Waals surface area contributed by atoms with Crippen LogP contribution in [-0.4, -0.2) is 51.1 Å². The first-order chi connectivity index (χ1) is 17.7. The van der Waals surface area contributed by atoms with Crippen molar-refractivity contribution in [2.24, 2.45) is 0 Å². The van der Waals surface area contributed by atoms with E-state index >= 15 is 0 Å². The van der Waals surface area contributed by atoms with Crippen LogP contribution >= 0.6 is 0 Å². The van der Waals surface area contributed by atoms with Crippen molar-refractivity contribution in [3.63, 3.8) is 0 Å². The molecule has 0 saturated heterocycles. The molecule has 3 aromatic rings. The number of nitrogens with one attached hydrogen (secondary N) is 1. The maximum atomic E-state index is 14.2. The van der Waals surface area contributed by atoms with Crippen molar-refractivity contribution in [2.45, 2.75) is 4.90 Å². The van der Waals surface area contributed by atoms with E-state index < -0.39 is 15.8 Å². The lowest BCUT2D eigenvalue weighted by atomic mass is 10.1. The Kier molecular flexibility index (Phi) is 8.72. The first kappa shape index (κ1) is 27.5. The standard InChI is InChI=1S/C26H28FNO8S/c1-31-21-10-9-18(14-19(21)27)37(29,30)28-20-15-23(33-3)22(32-2)13-17(20)8-7-16-11-24(34-4)26(36-6)25(12-16)35-5/h7-15,28H,1-6H3. The quantitative estimate of drug-likeness (QED) is 0.349. The summed E-state index contributed by atoms with van der Waals surface area (Å²) in [5, 5.41) is 0. The zero-order valence-corrected chi connectivity index (χ0v) is 22.1. The van der Waals surface area contributed by atoms with Crippen molar-refractivity contribution >= 4 is 27.9 Å². The fourth-order valence-corrected chi connectivity index (χ4v) is 4.61. The molecule has 3 rings (SSSR count). The predicted molar refractivity (Wildman–Crippen MR) is 138 cm³/mol. The van der Waals surface area contributed by atoms with E-state index in [9.17, 15) is 12.8 Å². The van der Waals surface area contributed by atoms with E-state index in [-0.39, 0.29) is 16.3 Å². The zero-order chi connectivity index (χ0) is 27.2. The summed E-state index contributed by atoms with van der Waals surface area (Å²) in [5.74, 6) is 1.15. The molecule has 0 radical (unpaired) electrons. The van der Waals surface area contributed by atoms with Gasteiger partial charge in [0.25, 0.3) is 10.0 Å². The minimum atomic E-state index is -4.17. The molecule has 3 aromatic carbocycles. The lowest BCUT2D eigenvalue weighted by Gasteiger charge is -2.16. The van der Waals surface area contributed by atoms with E-state index in [0.29, 0.717) is 39.9 Å². The van der Waals surface area contributed by atoms with Gasteiger partial charge in [-0.25, -0.2) is 12.8 Å². The second-order valence-corrected chi connectivity index (χ2v) is 9.17. The predicted octanol–water partition coefficient (Wildman–Crippen LogP) is 4.85. The number of ether oxygens (including phenoxy) is 6. The molecule has 0 atom stereocenters. The monoisotopic (exact) mass is 533 g/mol. The average molecular weight is 534 g/mol. The molecule has 0 aliphatic heterocycles. The van der Waals surface area contributed by atoms with Gasteiger partial charge in [-0.05, 0) is 42.0 Å². The largest absolute Gasteiger partial charge is 0.494 e. The Morgan fingerprint density at radius 3 is 1.76 bits per heavy atom.